The summed E-state index contributed by atoms with van der Waals surface area (Å²) in [6.07, 6.45) is 8.47. The van der Waals surface area contributed by atoms with Gasteiger partial charge in [-0.1, -0.05) is 26.2 Å². The largest absolute Gasteiger partial charge is 0.396 e. The number of aliphatic imine (C=N–C) groups is 1. The lowest BCUT2D eigenvalue weighted by Crippen LogP contribution is -2.53. The molecular formula is C20H40N4OS. The number of aliphatic hydroxyl groups excluding tert-OH is 1. The topological polar surface area (TPSA) is 59.9 Å². The van der Waals surface area contributed by atoms with E-state index in [1.165, 1.54) is 50.3 Å². The Morgan fingerprint density at radius 1 is 1.15 bits per heavy atom. The van der Waals surface area contributed by atoms with Crippen molar-refractivity contribution in [1.29, 1.82) is 0 Å². The first-order valence-corrected chi connectivity index (χ1v) is 11.9. The number of nitrogens with zero attached hydrogens (tertiary/aromatic N) is 2. The molecule has 0 spiro atoms. The molecule has 1 saturated heterocycles. The van der Waals surface area contributed by atoms with Gasteiger partial charge in [-0.25, -0.2) is 0 Å². The molecule has 0 radical (unpaired) electrons. The number of thioether (sulfide) groups is 1. The molecule has 2 aliphatic rings. The third-order valence-electron chi connectivity index (χ3n) is 5.88. The van der Waals surface area contributed by atoms with E-state index in [9.17, 15) is 5.11 Å². The minimum atomic E-state index is 0.274. The van der Waals surface area contributed by atoms with Gasteiger partial charge in [0.1, 0.15) is 0 Å². The average Bonchev–Trinajstić information content (AvgIpc) is 3.15. The lowest BCUT2D eigenvalue weighted by Gasteiger charge is -2.42. The first-order chi connectivity index (χ1) is 12.7. The minimum Gasteiger partial charge on any atom is -0.396 e. The van der Waals surface area contributed by atoms with Crippen LogP contribution in [0.3, 0.4) is 0 Å². The molecule has 0 aromatic carbocycles. The van der Waals surface area contributed by atoms with Crippen molar-refractivity contribution in [3.8, 4) is 0 Å². The van der Waals surface area contributed by atoms with Crippen LogP contribution in [0.25, 0.3) is 0 Å². The normalized spacial score (nSPS) is 22.3. The first-order valence-electron chi connectivity index (χ1n) is 10.7. The van der Waals surface area contributed by atoms with Crippen LogP contribution >= 0.6 is 11.8 Å². The molecule has 1 heterocycles. The van der Waals surface area contributed by atoms with Gasteiger partial charge in [-0.15, -0.1) is 0 Å². The first kappa shape index (κ1) is 21.8. The van der Waals surface area contributed by atoms with E-state index in [1.807, 2.05) is 0 Å². The molecule has 5 nitrogen and oxygen atoms in total. The van der Waals surface area contributed by atoms with Crippen LogP contribution in [-0.4, -0.2) is 72.3 Å². The Labute approximate surface area is 164 Å². The third kappa shape index (κ3) is 6.61. The monoisotopic (exact) mass is 384 g/mol. The van der Waals surface area contributed by atoms with E-state index in [0.717, 1.165) is 44.9 Å². The van der Waals surface area contributed by atoms with Gasteiger partial charge in [-0.2, -0.15) is 11.8 Å². The Morgan fingerprint density at radius 2 is 1.88 bits per heavy atom. The van der Waals surface area contributed by atoms with E-state index < -0.39 is 0 Å². The predicted octanol–water partition coefficient (Wildman–Crippen LogP) is 2.70. The maximum atomic E-state index is 9.28. The molecule has 1 atom stereocenters. The van der Waals surface area contributed by atoms with Crippen LogP contribution in [0, 0.1) is 5.92 Å². The number of rotatable bonds is 10. The van der Waals surface area contributed by atoms with E-state index in [2.05, 4.69) is 41.1 Å². The number of hydrogen-bond acceptors (Lipinski definition) is 4. The lowest BCUT2D eigenvalue weighted by atomic mass is 9.95. The maximum Gasteiger partial charge on any atom is 0.191 e. The zero-order chi connectivity index (χ0) is 18.7. The fourth-order valence-electron chi connectivity index (χ4n) is 4.39. The third-order valence-corrected chi connectivity index (χ3v) is 6.83. The van der Waals surface area contributed by atoms with Crippen molar-refractivity contribution in [3.63, 3.8) is 0 Å². The zero-order valence-electron chi connectivity index (χ0n) is 16.9. The van der Waals surface area contributed by atoms with Crippen molar-refractivity contribution in [2.75, 3.05) is 50.8 Å². The molecule has 0 amide bonds. The molecule has 2 rings (SSSR count). The minimum absolute atomic E-state index is 0.274. The second-order valence-electron chi connectivity index (χ2n) is 7.77. The average molecular weight is 385 g/mol. The molecule has 0 bridgehead atoms. The molecule has 1 unspecified atom stereocenters. The Kier molecular flexibility index (Phi) is 10.2. The van der Waals surface area contributed by atoms with E-state index in [-0.39, 0.29) is 12.1 Å². The molecular weight excluding hydrogens is 344 g/mol. The number of guanidine groups is 1. The predicted molar refractivity (Wildman–Crippen MR) is 114 cm³/mol. The summed E-state index contributed by atoms with van der Waals surface area (Å²) in [5.41, 5.74) is 0.289. The molecule has 6 heteroatoms. The Hall–Kier alpha value is -0.460. The highest BCUT2D eigenvalue weighted by molar-refractivity contribution is 7.99. The van der Waals surface area contributed by atoms with Crippen molar-refractivity contribution >= 4 is 17.7 Å². The number of hydrogen-bond donors (Lipinski definition) is 3. The molecule has 26 heavy (non-hydrogen) atoms. The molecule has 152 valence electrons. The highest BCUT2D eigenvalue weighted by atomic mass is 32.2. The van der Waals surface area contributed by atoms with E-state index in [4.69, 9.17) is 4.99 Å². The quantitative estimate of drug-likeness (QED) is 0.399. The van der Waals surface area contributed by atoms with Crippen LogP contribution in [0.15, 0.2) is 4.99 Å². The summed E-state index contributed by atoms with van der Waals surface area (Å²) in [5, 5.41) is 16.2. The Morgan fingerprint density at radius 3 is 2.50 bits per heavy atom. The standard InChI is InChI=1S/C20H40N4OS/c1-3-7-18(8-13-25)16-22-19(21-4-2)23-17-20(9-5-6-10-20)24-11-14-26-15-12-24/h18,25H,3-17H2,1-2H3,(H2,21,22,23). The van der Waals surface area contributed by atoms with Gasteiger partial charge in [0.05, 0.1) is 6.54 Å². The van der Waals surface area contributed by atoms with Gasteiger partial charge in [0.15, 0.2) is 5.96 Å². The molecule has 2 fully saturated rings. The van der Waals surface area contributed by atoms with Crippen molar-refractivity contribution in [3.05, 3.63) is 0 Å². The van der Waals surface area contributed by atoms with Crippen LogP contribution in [0.5, 0.6) is 0 Å². The molecule has 1 aliphatic heterocycles. The second-order valence-corrected chi connectivity index (χ2v) is 9.00. The van der Waals surface area contributed by atoms with E-state index in [0.29, 0.717) is 5.92 Å². The van der Waals surface area contributed by atoms with Crippen molar-refractivity contribution < 1.29 is 5.11 Å². The SMILES string of the molecule is CCCC(CCO)CNC(=NCC1(N2CCSCC2)CCCC1)NCC. The highest BCUT2D eigenvalue weighted by Gasteiger charge is 2.39. The van der Waals surface area contributed by atoms with Crippen LogP contribution in [-0.2, 0) is 0 Å². The Bertz CT molecular complexity index is 401. The van der Waals surface area contributed by atoms with Crippen LogP contribution in [0.4, 0.5) is 0 Å². The zero-order valence-corrected chi connectivity index (χ0v) is 17.8. The summed E-state index contributed by atoms with van der Waals surface area (Å²) in [6.45, 7) is 9.75. The Balaban J connectivity index is 1.96. The van der Waals surface area contributed by atoms with E-state index in [1.54, 1.807) is 0 Å². The number of nitrogens with one attached hydrogen (secondary N) is 2. The fraction of sp³-hybridized carbons (Fsp3) is 0.950. The lowest BCUT2D eigenvalue weighted by molar-refractivity contribution is 0.112. The van der Waals surface area contributed by atoms with Crippen LogP contribution in [0.2, 0.25) is 0 Å². The van der Waals surface area contributed by atoms with Gasteiger partial charge in [-0.05, 0) is 38.5 Å². The van der Waals surface area contributed by atoms with Crippen molar-refractivity contribution in [1.82, 2.24) is 15.5 Å². The molecule has 0 aromatic rings. The molecule has 0 aromatic heterocycles. The van der Waals surface area contributed by atoms with Crippen LogP contribution < -0.4 is 10.6 Å². The van der Waals surface area contributed by atoms with Gasteiger partial charge < -0.3 is 15.7 Å². The number of aliphatic hydroxyl groups is 1. The van der Waals surface area contributed by atoms with Crippen molar-refractivity contribution in [2.45, 2.75) is 64.3 Å². The second kappa shape index (κ2) is 12.1. The van der Waals surface area contributed by atoms with Gasteiger partial charge in [0.25, 0.3) is 0 Å². The van der Waals surface area contributed by atoms with Crippen LogP contribution in [0.1, 0.15) is 58.8 Å². The molecule has 1 aliphatic carbocycles. The van der Waals surface area contributed by atoms with Crippen molar-refractivity contribution in [2.24, 2.45) is 10.9 Å². The smallest absolute Gasteiger partial charge is 0.191 e. The molecule has 3 N–H and O–H groups in total. The van der Waals surface area contributed by atoms with E-state index >= 15 is 0 Å². The summed E-state index contributed by atoms with van der Waals surface area (Å²) in [6, 6.07) is 0. The maximum absolute atomic E-state index is 9.28. The summed E-state index contributed by atoms with van der Waals surface area (Å²) < 4.78 is 0. The summed E-state index contributed by atoms with van der Waals surface area (Å²) in [7, 11) is 0. The summed E-state index contributed by atoms with van der Waals surface area (Å²) >= 11 is 2.09. The van der Waals surface area contributed by atoms with Gasteiger partial charge >= 0.3 is 0 Å². The van der Waals surface area contributed by atoms with Gasteiger partial charge in [0.2, 0.25) is 0 Å². The van der Waals surface area contributed by atoms with Gasteiger partial charge in [0, 0.05) is 49.8 Å². The summed E-state index contributed by atoms with van der Waals surface area (Å²) in [4.78, 5) is 7.75. The van der Waals surface area contributed by atoms with Gasteiger partial charge in [-0.3, -0.25) is 9.89 Å². The highest BCUT2D eigenvalue weighted by Crippen LogP contribution is 2.37. The fourth-order valence-corrected chi connectivity index (χ4v) is 5.30. The summed E-state index contributed by atoms with van der Waals surface area (Å²) in [5.74, 6) is 4.01. The molecule has 1 saturated carbocycles.